The van der Waals surface area contributed by atoms with Crippen LogP contribution in [0.25, 0.3) is 0 Å². The summed E-state index contributed by atoms with van der Waals surface area (Å²) in [6.45, 7) is 3.68. The van der Waals surface area contributed by atoms with Crippen molar-refractivity contribution in [3.63, 3.8) is 0 Å². The zero-order valence-corrected chi connectivity index (χ0v) is 22.0. The van der Waals surface area contributed by atoms with E-state index in [4.69, 9.17) is 14.2 Å². The minimum atomic E-state index is -0.521. The molecule has 3 aromatic rings. The van der Waals surface area contributed by atoms with E-state index in [0.717, 1.165) is 35.4 Å². The number of rotatable bonds is 13. The second kappa shape index (κ2) is 14.4. The molecule has 3 rings (SSSR count). The lowest BCUT2D eigenvalue weighted by molar-refractivity contribution is -0.147. The van der Waals surface area contributed by atoms with Gasteiger partial charge in [-0.05, 0) is 78.9 Å². The molecule has 0 fully saturated rings. The maximum atomic E-state index is 12.3. The van der Waals surface area contributed by atoms with Crippen molar-refractivity contribution in [2.45, 2.75) is 46.0 Å². The molecule has 0 aliphatic rings. The first kappa shape index (κ1) is 28.2. The van der Waals surface area contributed by atoms with E-state index in [1.54, 1.807) is 43.5 Å². The normalized spacial score (nSPS) is 10.4. The molecule has 0 spiro atoms. The lowest BCUT2D eigenvalue weighted by atomic mass is 10.0. The number of carbonyl (C=O) groups is 3. The molecule has 0 aliphatic heterocycles. The summed E-state index contributed by atoms with van der Waals surface area (Å²) in [7, 11) is 1.60. The van der Waals surface area contributed by atoms with Crippen molar-refractivity contribution in [2.75, 3.05) is 24.4 Å². The molecule has 8 nitrogen and oxygen atoms in total. The van der Waals surface area contributed by atoms with Crippen LogP contribution in [0.5, 0.6) is 17.2 Å². The Labute approximate surface area is 223 Å². The number of hydrogen-bond acceptors (Lipinski definition) is 6. The van der Waals surface area contributed by atoms with E-state index < -0.39 is 5.97 Å². The van der Waals surface area contributed by atoms with Gasteiger partial charge >= 0.3 is 5.97 Å². The molecule has 3 aromatic carbocycles. The van der Waals surface area contributed by atoms with Gasteiger partial charge in [-0.15, -0.1) is 0 Å². The summed E-state index contributed by atoms with van der Waals surface area (Å²) in [4.78, 5) is 36.6. The van der Waals surface area contributed by atoms with E-state index in [0.29, 0.717) is 23.6 Å². The van der Waals surface area contributed by atoms with Crippen molar-refractivity contribution < 1.29 is 28.6 Å². The highest BCUT2D eigenvalue weighted by molar-refractivity contribution is 5.94. The van der Waals surface area contributed by atoms with Gasteiger partial charge in [0.2, 0.25) is 5.91 Å². The third-order valence-corrected chi connectivity index (χ3v) is 5.85. The fraction of sp³-hybridized carbons (Fsp3) is 0.300. The topological polar surface area (TPSA) is 103 Å². The highest BCUT2D eigenvalue weighted by Gasteiger charge is 2.13. The van der Waals surface area contributed by atoms with Crippen molar-refractivity contribution >= 4 is 29.2 Å². The van der Waals surface area contributed by atoms with Crippen LogP contribution < -0.4 is 20.1 Å². The molecule has 200 valence electrons. The van der Waals surface area contributed by atoms with Crippen molar-refractivity contribution in [3.8, 4) is 17.2 Å². The predicted molar refractivity (Wildman–Crippen MR) is 147 cm³/mol. The molecule has 0 saturated heterocycles. The number of aryl methyl sites for hydroxylation is 2. The van der Waals surface area contributed by atoms with Crippen molar-refractivity contribution in [1.82, 2.24) is 0 Å². The molecule has 38 heavy (non-hydrogen) atoms. The third-order valence-electron chi connectivity index (χ3n) is 5.85. The SMILES string of the molecule is CCc1cccc(CC)c1NC(=O)COC(=O)CCCC(=O)Nc1ccc(Oc2ccc(OC)cc2)cc1. The smallest absolute Gasteiger partial charge is 0.306 e. The zero-order valence-electron chi connectivity index (χ0n) is 22.0. The summed E-state index contributed by atoms with van der Waals surface area (Å²) < 4.78 is 16.0. The lowest BCUT2D eigenvalue weighted by Crippen LogP contribution is -2.22. The molecular formula is C30H34N2O6. The first-order chi connectivity index (χ1) is 18.4. The Kier molecular flexibility index (Phi) is 10.7. The largest absolute Gasteiger partial charge is 0.497 e. The van der Waals surface area contributed by atoms with Gasteiger partial charge in [0.15, 0.2) is 6.61 Å². The van der Waals surface area contributed by atoms with Gasteiger partial charge in [-0.3, -0.25) is 14.4 Å². The van der Waals surface area contributed by atoms with Gasteiger partial charge in [-0.1, -0.05) is 32.0 Å². The van der Waals surface area contributed by atoms with Gasteiger partial charge in [0, 0.05) is 24.2 Å². The molecule has 0 atom stereocenters. The molecule has 2 N–H and O–H groups in total. The molecule has 0 saturated carbocycles. The number of anilines is 2. The van der Waals surface area contributed by atoms with Crippen LogP contribution in [0, 0.1) is 0 Å². The number of benzene rings is 3. The van der Waals surface area contributed by atoms with Crippen molar-refractivity contribution in [3.05, 3.63) is 77.9 Å². The maximum Gasteiger partial charge on any atom is 0.306 e. The average Bonchev–Trinajstić information content (AvgIpc) is 2.93. The summed E-state index contributed by atoms with van der Waals surface area (Å²) >= 11 is 0. The number of para-hydroxylation sites is 1. The predicted octanol–water partition coefficient (Wildman–Crippen LogP) is 5.90. The Morgan fingerprint density at radius 3 is 1.87 bits per heavy atom. The first-order valence-corrected chi connectivity index (χ1v) is 12.7. The molecule has 0 aliphatic carbocycles. The van der Waals surface area contributed by atoms with E-state index in [9.17, 15) is 14.4 Å². The standard InChI is InChI=1S/C30H34N2O6/c1-4-21-8-6-9-22(5-2)30(21)32-28(34)20-37-29(35)11-7-10-27(33)31-23-12-14-25(15-13-23)38-26-18-16-24(36-3)17-19-26/h6,8-9,12-19H,4-5,7,10-11,20H2,1-3H3,(H,31,33)(H,32,34). The van der Waals surface area contributed by atoms with Crippen LogP contribution in [-0.2, 0) is 32.0 Å². The van der Waals surface area contributed by atoms with Crippen LogP contribution in [-0.4, -0.2) is 31.5 Å². The number of methoxy groups -OCH3 is 1. The van der Waals surface area contributed by atoms with Crippen LogP contribution >= 0.6 is 0 Å². The van der Waals surface area contributed by atoms with Crippen LogP contribution in [0.2, 0.25) is 0 Å². The number of amides is 2. The van der Waals surface area contributed by atoms with Crippen LogP contribution in [0.15, 0.2) is 66.7 Å². The average molecular weight is 519 g/mol. The molecule has 2 amide bonds. The molecule has 0 bridgehead atoms. The molecular weight excluding hydrogens is 484 g/mol. The van der Waals surface area contributed by atoms with Gasteiger partial charge < -0.3 is 24.8 Å². The molecule has 0 radical (unpaired) electrons. The fourth-order valence-electron chi connectivity index (χ4n) is 3.80. The lowest BCUT2D eigenvalue weighted by Gasteiger charge is -2.14. The molecule has 0 heterocycles. The van der Waals surface area contributed by atoms with Crippen molar-refractivity contribution in [1.29, 1.82) is 0 Å². The number of nitrogens with one attached hydrogen (secondary N) is 2. The number of carbonyl (C=O) groups excluding carboxylic acids is 3. The van der Waals surface area contributed by atoms with Gasteiger partial charge in [0.25, 0.3) is 5.91 Å². The Hall–Kier alpha value is -4.33. The molecule has 8 heteroatoms. The van der Waals surface area contributed by atoms with Crippen molar-refractivity contribution in [2.24, 2.45) is 0 Å². The number of hydrogen-bond donors (Lipinski definition) is 2. The zero-order chi connectivity index (χ0) is 27.3. The summed E-state index contributed by atoms with van der Waals surface area (Å²) in [6.07, 6.45) is 2.07. The quantitative estimate of drug-likeness (QED) is 0.273. The highest BCUT2D eigenvalue weighted by Crippen LogP contribution is 2.25. The van der Waals surface area contributed by atoms with Crippen LogP contribution in [0.4, 0.5) is 11.4 Å². The van der Waals surface area contributed by atoms with E-state index in [1.807, 2.05) is 44.2 Å². The number of ether oxygens (including phenoxy) is 3. The summed E-state index contributed by atoms with van der Waals surface area (Å²) in [5.74, 6) is 0.918. The molecule has 0 unspecified atom stereocenters. The van der Waals surface area contributed by atoms with Crippen LogP contribution in [0.3, 0.4) is 0 Å². The Bertz CT molecular complexity index is 1200. The van der Waals surface area contributed by atoms with E-state index in [1.165, 1.54) is 0 Å². The number of esters is 1. The summed E-state index contributed by atoms with van der Waals surface area (Å²) in [5.41, 5.74) is 3.48. The van der Waals surface area contributed by atoms with Gasteiger partial charge in [0.1, 0.15) is 17.2 Å². The summed E-state index contributed by atoms with van der Waals surface area (Å²) in [5, 5.41) is 5.66. The minimum Gasteiger partial charge on any atom is -0.497 e. The van der Waals surface area contributed by atoms with E-state index in [-0.39, 0.29) is 31.3 Å². The highest BCUT2D eigenvalue weighted by atomic mass is 16.5. The Morgan fingerprint density at radius 1 is 0.711 bits per heavy atom. The Morgan fingerprint density at radius 2 is 1.29 bits per heavy atom. The van der Waals surface area contributed by atoms with E-state index in [2.05, 4.69) is 10.6 Å². The first-order valence-electron chi connectivity index (χ1n) is 12.7. The van der Waals surface area contributed by atoms with Crippen LogP contribution in [0.1, 0.15) is 44.2 Å². The second-order valence-corrected chi connectivity index (χ2v) is 8.57. The summed E-state index contributed by atoms with van der Waals surface area (Å²) in [6, 6.07) is 20.1. The minimum absolute atomic E-state index is 0.0428. The maximum absolute atomic E-state index is 12.3. The van der Waals surface area contributed by atoms with Gasteiger partial charge in [0.05, 0.1) is 7.11 Å². The fourth-order valence-corrected chi connectivity index (χ4v) is 3.80. The second-order valence-electron chi connectivity index (χ2n) is 8.57. The van der Waals surface area contributed by atoms with E-state index >= 15 is 0 Å². The monoisotopic (exact) mass is 518 g/mol. The Balaban J connectivity index is 1.36. The van der Waals surface area contributed by atoms with Gasteiger partial charge in [-0.2, -0.15) is 0 Å². The third kappa shape index (κ3) is 8.65. The molecule has 0 aromatic heterocycles. The van der Waals surface area contributed by atoms with Gasteiger partial charge in [-0.25, -0.2) is 0 Å².